The van der Waals surface area contributed by atoms with Crippen molar-refractivity contribution in [1.29, 1.82) is 0 Å². The maximum atomic E-state index is 11.9. The van der Waals surface area contributed by atoms with Gasteiger partial charge in [-0.3, -0.25) is 4.79 Å². The molecule has 0 radical (unpaired) electrons. The van der Waals surface area contributed by atoms with Crippen LogP contribution in [0.15, 0.2) is 40.6 Å². The van der Waals surface area contributed by atoms with E-state index in [0.717, 1.165) is 15.7 Å². The number of carbonyl (C=O) groups is 1. The number of hydrogen-bond acceptors (Lipinski definition) is 5. The Balaban J connectivity index is 1.99. The van der Waals surface area contributed by atoms with Crippen molar-refractivity contribution < 1.29 is 4.79 Å². The highest BCUT2D eigenvalue weighted by Crippen LogP contribution is 2.26. The van der Waals surface area contributed by atoms with E-state index in [0.29, 0.717) is 0 Å². The summed E-state index contributed by atoms with van der Waals surface area (Å²) in [5.41, 5.74) is 6.55. The summed E-state index contributed by atoms with van der Waals surface area (Å²) in [6.07, 6.45) is 1.66. The van der Waals surface area contributed by atoms with Crippen LogP contribution in [0.5, 0.6) is 0 Å². The molecule has 0 aliphatic carbocycles. The lowest BCUT2D eigenvalue weighted by Gasteiger charge is -2.15. The van der Waals surface area contributed by atoms with Crippen molar-refractivity contribution in [3.8, 4) is 0 Å². The zero-order valence-electron chi connectivity index (χ0n) is 12.3. The predicted octanol–water partition coefficient (Wildman–Crippen LogP) is 1.89. The summed E-state index contributed by atoms with van der Waals surface area (Å²) in [5, 5.41) is 11.5. The second kappa shape index (κ2) is 6.73. The number of carbonyl (C=O) groups excluding carboxylic acids is 1. The minimum Gasteiger partial charge on any atom is -0.325 e. The van der Waals surface area contributed by atoms with Crippen LogP contribution in [-0.4, -0.2) is 26.7 Å². The highest BCUT2D eigenvalue weighted by atomic mass is 32.2. The van der Waals surface area contributed by atoms with Crippen molar-refractivity contribution in [3.05, 3.63) is 30.6 Å². The SMILES string of the molecule is CC(C)[C@H](N)C(=O)Nc1ccc(Sc2nncn2C)cc1. The minimum atomic E-state index is -0.502. The van der Waals surface area contributed by atoms with Gasteiger partial charge in [-0.1, -0.05) is 13.8 Å². The van der Waals surface area contributed by atoms with Gasteiger partial charge in [-0.05, 0) is 41.9 Å². The molecule has 0 aliphatic rings. The first-order valence-electron chi connectivity index (χ1n) is 6.65. The van der Waals surface area contributed by atoms with Gasteiger partial charge in [-0.15, -0.1) is 10.2 Å². The van der Waals surface area contributed by atoms with Crippen LogP contribution in [0.3, 0.4) is 0 Å². The van der Waals surface area contributed by atoms with E-state index in [1.54, 1.807) is 6.33 Å². The standard InChI is InChI=1S/C14H19N5OS/c1-9(2)12(15)13(20)17-10-4-6-11(7-5-10)21-14-18-16-8-19(14)3/h4-9,12H,15H2,1-3H3,(H,17,20)/t12-/m0/s1. The van der Waals surface area contributed by atoms with Crippen molar-refractivity contribution in [2.75, 3.05) is 5.32 Å². The first-order valence-corrected chi connectivity index (χ1v) is 7.47. The molecular weight excluding hydrogens is 286 g/mol. The average Bonchev–Trinajstić information content (AvgIpc) is 2.85. The van der Waals surface area contributed by atoms with E-state index in [4.69, 9.17) is 5.73 Å². The molecule has 0 saturated heterocycles. The number of nitrogens with one attached hydrogen (secondary N) is 1. The molecule has 112 valence electrons. The Hall–Kier alpha value is -1.86. The molecule has 1 atom stereocenters. The zero-order chi connectivity index (χ0) is 15.4. The topological polar surface area (TPSA) is 85.8 Å². The van der Waals surface area contributed by atoms with Crippen LogP contribution in [0.25, 0.3) is 0 Å². The van der Waals surface area contributed by atoms with E-state index >= 15 is 0 Å². The average molecular weight is 305 g/mol. The van der Waals surface area contributed by atoms with E-state index < -0.39 is 6.04 Å². The minimum absolute atomic E-state index is 0.107. The third-order valence-electron chi connectivity index (χ3n) is 3.02. The highest BCUT2D eigenvalue weighted by molar-refractivity contribution is 7.99. The lowest BCUT2D eigenvalue weighted by molar-refractivity contribution is -0.118. The van der Waals surface area contributed by atoms with Crippen molar-refractivity contribution in [1.82, 2.24) is 14.8 Å². The number of aromatic nitrogens is 3. The summed E-state index contributed by atoms with van der Waals surface area (Å²) < 4.78 is 1.85. The molecule has 1 heterocycles. The maximum Gasteiger partial charge on any atom is 0.241 e. The Labute approximate surface area is 128 Å². The molecule has 1 aromatic heterocycles. The van der Waals surface area contributed by atoms with Gasteiger partial charge in [0.05, 0.1) is 6.04 Å². The normalized spacial score (nSPS) is 12.4. The van der Waals surface area contributed by atoms with Crippen molar-refractivity contribution >= 4 is 23.4 Å². The van der Waals surface area contributed by atoms with Crippen molar-refractivity contribution in [2.45, 2.75) is 29.9 Å². The van der Waals surface area contributed by atoms with Gasteiger partial charge in [0.1, 0.15) is 6.33 Å². The van der Waals surface area contributed by atoms with Gasteiger partial charge in [-0.25, -0.2) is 0 Å². The summed E-state index contributed by atoms with van der Waals surface area (Å²) in [6, 6.07) is 7.05. The summed E-state index contributed by atoms with van der Waals surface area (Å²) in [6.45, 7) is 3.84. The van der Waals surface area contributed by atoms with Gasteiger partial charge in [0, 0.05) is 17.6 Å². The quantitative estimate of drug-likeness (QED) is 0.881. The van der Waals surface area contributed by atoms with Gasteiger partial charge in [0.15, 0.2) is 5.16 Å². The number of nitrogens with zero attached hydrogens (tertiary/aromatic N) is 3. The molecule has 21 heavy (non-hydrogen) atoms. The van der Waals surface area contributed by atoms with E-state index in [1.165, 1.54) is 11.8 Å². The maximum absolute atomic E-state index is 11.9. The molecule has 2 rings (SSSR count). The van der Waals surface area contributed by atoms with Crippen LogP contribution < -0.4 is 11.1 Å². The molecule has 6 nitrogen and oxygen atoms in total. The third-order valence-corrected chi connectivity index (χ3v) is 4.08. The molecule has 0 saturated carbocycles. The molecule has 1 amide bonds. The number of aryl methyl sites for hydroxylation is 1. The second-order valence-electron chi connectivity index (χ2n) is 5.11. The second-order valence-corrected chi connectivity index (χ2v) is 6.15. The fourth-order valence-corrected chi connectivity index (χ4v) is 2.37. The van der Waals surface area contributed by atoms with E-state index in [9.17, 15) is 4.79 Å². The number of nitrogens with two attached hydrogens (primary N) is 1. The number of hydrogen-bond donors (Lipinski definition) is 2. The number of amides is 1. The Kier molecular flexibility index (Phi) is 4.98. The predicted molar refractivity (Wildman–Crippen MR) is 83.0 cm³/mol. The molecular formula is C14H19N5OS. The number of benzene rings is 1. The fraction of sp³-hybridized carbons (Fsp3) is 0.357. The summed E-state index contributed by atoms with van der Waals surface area (Å²) >= 11 is 1.51. The number of anilines is 1. The molecule has 0 unspecified atom stereocenters. The van der Waals surface area contributed by atoms with E-state index in [1.807, 2.05) is 49.7 Å². The summed E-state index contributed by atoms with van der Waals surface area (Å²) in [4.78, 5) is 12.9. The van der Waals surface area contributed by atoms with Crippen LogP contribution in [-0.2, 0) is 11.8 Å². The number of rotatable bonds is 5. The molecule has 2 aromatic rings. The fourth-order valence-electron chi connectivity index (χ4n) is 1.61. The van der Waals surface area contributed by atoms with Gasteiger partial charge >= 0.3 is 0 Å². The molecule has 3 N–H and O–H groups in total. The van der Waals surface area contributed by atoms with Gasteiger partial charge < -0.3 is 15.6 Å². The Morgan fingerprint density at radius 2 is 2.00 bits per heavy atom. The lowest BCUT2D eigenvalue weighted by Crippen LogP contribution is -2.39. The van der Waals surface area contributed by atoms with Crippen LogP contribution in [0.1, 0.15) is 13.8 Å². The molecule has 0 aliphatic heterocycles. The molecule has 0 spiro atoms. The molecule has 0 bridgehead atoms. The summed E-state index contributed by atoms with van der Waals surface area (Å²) in [7, 11) is 1.89. The van der Waals surface area contributed by atoms with Crippen molar-refractivity contribution in [2.24, 2.45) is 18.7 Å². The monoisotopic (exact) mass is 305 g/mol. The first-order chi connectivity index (χ1) is 9.97. The van der Waals surface area contributed by atoms with Gasteiger partial charge in [0.25, 0.3) is 0 Å². The molecule has 7 heteroatoms. The zero-order valence-corrected chi connectivity index (χ0v) is 13.1. The first kappa shape index (κ1) is 15.5. The Bertz CT molecular complexity index is 608. The highest BCUT2D eigenvalue weighted by Gasteiger charge is 2.17. The Morgan fingerprint density at radius 1 is 1.33 bits per heavy atom. The van der Waals surface area contributed by atoms with Crippen LogP contribution in [0.2, 0.25) is 0 Å². The van der Waals surface area contributed by atoms with E-state index in [2.05, 4.69) is 15.5 Å². The third kappa shape index (κ3) is 4.05. The van der Waals surface area contributed by atoms with Crippen LogP contribution in [0.4, 0.5) is 5.69 Å². The van der Waals surface area contributed by atoms with E-state index in [-0.39, 0.29) is 11.8 Å². The Morgan fingerprint density at radius 3 is 2.52 bits per heavy atom. The van der Waals surface area contributed by atoms with Crippen LogP contribution >= 0.6 is 11.8 Å². The van der Waals surface area contributed by atoms with Gasteiger partial charge in [-0.2, -0.15) is 0 Å². The lowest BCUT2D eigenvalue weighted by atomic mass is 10.1. The molecule has 1 aromatic carbocycles. The smallest absolute Gasteiger partial charge is 0.241 e. The largest absolute Gasteiger partial charge is 0.325 e. The molecule has 0 fully saturated rings. The van der Waals surface area contributed by atoms with Crippen LogP contribution in [0, 0.1) is 5.92 Å². The summed E-state index contributed by atoms with van der Waals surface area (Å²) in [5.74, 6) is -0.0607. The van der Waals surface area contributed by atoms with Gasteiger partial charge in [0.2, 0.25) is 5.91 Å². The van der Waals surface area contributed by atoms with Crippen molar-refractivity contribution in [3.63, 3.8) is 0 Å².